The fourth-order valence-corrected chi connectivity index (χ4v) is 2.59. The van der Waals surface area contributed by atoms with Crippen LogP contribution >= 0.6 is 0 Å². The molecule has 2 N–H and O–H groups in total. The zero-order chi connectivity index (χ0) is 12.5. The third kappa shape index (κ3) is 2.13. The summed E-state index contributed by atoms with van der Waals surface area (Å²) in [4.78, 5) is 6.80. The molecule has 0 amide bonds. The third-order valence-corrected chi connectivity index (χ3v) is 3.84. The van der Waals surface area contributed by atoms with Gasteiger partial charge in [0.2, 0.25) is 0 Å². The largest absolute Gasteiger partial charge is 0.384 e. The SMILES string of the molecule is CC1CCN(c2ccc3nc(N)ccc3c2)CC1. The molecule has 0 spiro atoms. The fraction of sp³-hybridized carbons (Fsp3) is 0.400. The van der Waals surface area contributed by atoms with Crippen LogP contribution in [0.1, 0.15) is 19.8 Å². The van der Waals surface area contributed by atoms with Crippen LogP contribution in [0, 0.1) is 5.92 Å². The van der Waals surface area contributed by atoms with Crippen molar-refractivity contribution < 1.29 is 0 Å². The van der Waals surface area contributed by atoms with Gasteiger partial charge in [0.1, 0.15) is 5.82 Å². The molecule has 0 bridgehead atoms. The number of rotatable bonds is 1. The number of fused-ring (bicyclic) bond motifs is 1. The Balaban J connectivity index is 1.91. The first kappa shape index (κ1) is 11.3. The van der Waals surface area contributed by atoms with E-state index in [1.807, 2.05) is 12.1 Å². The first-order valence-electron chi connectivity index (χ1n) is 6.63. The van der Waals surface area contributed by atoms with Crippen molar-refractivity contribution in [3.05, 3.63) is 30.3 Å². The molecular formula is C15H19N3. The average molecular weight is 241 g/mol. The van der Waals surface area contributed by atoms with Gasteiger partial charge in [0.05, 0.1) is 5.52 Å². The molecule has 18 heavy (non-hydrogen) atoms. The topological polar surface area (TPSA) is 42.2 Å². The lowest BCUT2D eigenvalue weighted by atomic mass is 9.98. The molecule has 0 atom stereocenters. The first-order valence-corrected chi connectivity index (χ1v) is 6.63. The van der Waals surface area contributed by atoms with Gasteiger partial charge in [-0.3, -0.25) is 0 Å². The van der Waals surface area contributed by atoms with E-state index in [1.54, 1.807) is 0 Å². The molecule has 0 aliphatic carbocycles. The third-order valence-electron chi connectivity index (χ3n) is 3.84. The van der Waals surface area contributed by atoms with E-state index in [2.05, 4.69) is 35.0 Å². The summed E-state index contributed by atoms with van der Waals surface area (Å²) in [6, 6.07) is 10.4. The Kier molecular flexibility index (Phi) is 2.82. The number of nitrogens with zero attached hydrogens (tertiary/aromatic N) is 2. The van der Waals surface area contributed by atoms with Crippen LogP contribution in [-0.2, 0) is 0 Å². The Bertz CT molecular complexity index is 557. The Morgan fingerprint density at radius 1 is 1.17 bits per heavy atom. The van der Waals surface area contributed by atoms with Crippen molar-refractivity contribution in [2.24, 2.45) is 5.92 Å². The highest BCUT2D eigenvalue weighted by Gasteiger charge is 2.16. The van der Waals surface area contributed by atoms with Gasteiger partial charge in [-0.05, 0) is 49.1 Å². The van der Waals surface area contributed by atoms with Crippen LogP contribution in [0.25, 0.3) is 10.9 Å². The highest BCUT2D eigenvalue weighted by molar-refractivity contribution is 5.83. The molecule has 3 rings (SSSR count). The van der Waals surface area contributed by atoms with Crippen molar-refractivity contribution in [2.45, 2.75) is 19.8 Å². The quantitative estimate of drug-likeness (QED) is 0.834. The minimum atomic E-state index is 0.585. The van der Waals surface area contributed by atoms with E-state index < -0.39 is 0 Å². The number of pyridine rings is 1. The maximum atomic E-state index is 5.70. The maximum Gasteiger partial charge on any atom is 0.124 e. The molecule has 3 nitrogen and oxygen atoms in total. The molecule has 0 radical (unpaired) electrons. The molecule has 1 fully saturated rings. The van der Waals surface area contributed by atoms with Crippen molar-refractivity contribution in [3.63, 3.8) is 0 Å². The minimum absolute atomic E-state index is 0.585. The number of hydrogen-bond donors (Lipinski definition) is 1. The number of hydrogen-bond acceptors (Lipinski definition) is 3. The highest BCUT2D eigenvalue weighted by atomic mass is 15.1. The van der Waals surface area contributed by atoms with Crippen LogP contribution in [0.3, 0.4) is 0 Å². The van der Waals surface area contributed by atoms with Crippen molar-refractivity contribution >= 4 is 22.4 Å². The van der Waals surface area contributed by atoms with Gasteiger partial charge in [-0.25, -0.2) is 4.98 Å². The Labute approximate surface area is 108 Å². The summed E-state index contributed by atoms with van der Waals surface area (Å²) in [5, 5.41) is 1.17. The predicted octanol–water partition coefficient (Wildman–Crippen LogP) is 3.05. The number of nitrogens with two attached hydrogens (primary N) is 1. The lowest BCUT2D eigenvalue weighted by Crippen LogP contribution is -2.32. The van der Waals surface area contributed by atoms with Crippen molar-refractivity contribution in [3.8, 4) is 0 Å². The van der Waals surface area contributed by atoms with E-state index in [-0.39, 0.29) is 0 Å². The van der Waals surface area contributed by atoms with Crippen molar-refractivity contribution in [2.75, 3.05) is 23.7 Å². The van der Waals surface area contributed by atoms with E-state index in [0.717, 1.165) is 24.5 Å². The van der Waals surface area contributed by atoms with Gasteiger partial charge in [0.25, 0.3) is 0 Å². The summed E-state index contributed by atoms with van der Waals surface area (Å²) in [5.74, 6) is 1.45. The molecule has 0 saturated carbocycles. The smallest absolute Gasteiger partial charge is 0.124 e. The Hall–Kier alpha value is -1.77. The second-order valence-electron chi connectivity index (χ2n) is 5.28. The summed E-state index contributed by atoms with van der Waals surface area (Å²) >= 11 is 0. The number of nitrogen functional groups attached to an aromatic ring is 1. The summed E-state index contributed by atoms with van der Waals surface area (Å²) in [5.41, 5.74) is 7.98. The van der Waals surface area contributed by atoms with Crippen LogP contribution in [0.4, 0.5) is 11.5 Å². The van der Waals surface area contributed by atoms with Crippen LogP contribution in [0.5, 0.6) is 0 Å². The van der Waals surface area contributed by atoms with Crippen molar-refractivity contribution in [1.82, 2.24) is 4.98 Å². The van der Waals surface area contributed by atoms with E-state index >= 15 is 0 Å². The molecule has 94 valence electrons. The fourth-order valence-electron chi connectivity index (χ4n) is 2.59. The summed E-state index contributed by atoms with van der Waals surface area (Å²) in [6.45, 7) is 4.66. The van der Waals surface area contributed by atoms with E-state index in [0.29, 0.717) is 5.82 Å². The monoisotopic (exact) mass is 241 g/mol. The minimum Gasteiger partial charge on any atom is -0.384 e. The van der Waals surface area contributed by atoms with E-state index in [9.17, 15) is 0 Å². The average Bonchev–Trinajstić information content (AvgIpc) is 2.39. The molecular weight excluding hydrogens is 222 g/mol. The van der Waals surface area contributed by atoms with E-state index in [4.69, 9.17) is 5.73 Å². The molecule has 1 saturated heterocycles. The van der Waals surface area contributed by atoms with E-state index in [1.165, 1.54) is 23.9 Å². The van der Waals surface area contributed by atoms with Crippen molar-refractivity contribution in [1.29, 1.82) is 0 Å². The van der Waals surface area contributed by atoms with Crippen LogP contribution in [0.2, 0.25) is 0 Å². The van der Waals surface area contributed by atoms with Gasteiger partial charge in [0, 0.05) is 24.2 Å². The number of benzene rings is 1. The number of aromatic nitrogens is 1. The molecule has 1 aromatic carbocycles. The Morgan fingerprint density at radius 3 is 2.72 bits per heavy atom. The highest BCUT2D eigenvalue weighted by Crippen LogP contribution is 2.26. The lowest BCUT2D eigenvalue weighted by molar-refractivity contribution is 0.438. The second-order valence-corrected chi connectivity index (χ2v) is 5.28. The summed E-state index contributed by atoms with van der Waals surface area (Å²) in [6.07, 6.45) is 2.58. The van der Waals surface area contributed by atoms with Gasteiger partial charge in [-0.2, -0.15) is 0 Å². The van der Waals surface area contributed by atoms with Gasteiger partial charge >= 0.3 is 0 Å². The molecule has 0 unspecified atom stereocenters. The van der Waals surface area contributed by atoms with Gasteiger partial charge < -0.3 is 10.6 Å². The van der Waals surface area contributed by atoms with Crippen LogP contribution in [-0.4, -0.2) is 18.1 Å². The first-order chi connectivity index (χ1) is 8.72. The molecule has 1 aliphatic heterocycles. The number of anilines is 2. The summed E-state index contributed by atoms with van der Waals surface area (Å²) < 4.78 is 0. The number of piperidine rings is 1. The second kappa shape index (κ2) is 4.48. The summed E-state index contributed by atoms with van der Waals surface area (Å²) in [7, 11) is 0. The molecule has 1 aliphatic rings. The van der Waals surface area contributed by atoms with Crippen LogP contribution in [0.15, 0.2) is 30.3 Å². The predicted molar refractivity (Wildman–Crippen MR) is 76.8 cm³/mol. The van der Waals surface area contributed by atoms with Gasteiger partial charge in [-0.15, -0.1) is 0 Å². The molecule has 1 aromatic heterocycles. The lowest BCUT2D eigenvalue weighted by Gasteiger charge is -2.32. The van der Waals surface area contributed by atoms with Gasteiger partial charge in [-0.1, -0.05) is 6.92 Å². The molecule has 2 heterocycles. The zero-order valence-electron chi connectivity index (χ0n) is 10.8. The normalized spacial score (nSPS) is 17.3. The Morgan fingerprint density at radius 2 is 1.94 bits per heavy atom. The maximum absolute atomic E-state index is 5.70. The molecule has 2 aromatic rings. The molecule has 3 heteroatoms. The standard InChI is InChI=1S/C15H19N3/c1-11-6-8-18(9-7-11)13-3-4-14-12(10-13)2-5-15(16)17-14/h2-5,10-11H,6-9H2,1H3,(H2,16,17). The zero-order valence-corrected chi connectivity index (χ0v) is 10.8. The van der Waals surface area contributed by atoms with Gasteiger partial charge in [0.15, 0.2) is 0 Å². The van der Waals surface area contributed by atoms with Crippen LogP contribution < -0.4 is 10.6 Å².